The van der Waals surface area contributed by atoms with Crippen LogP contribution in [0.25, 0.3) is 0 Å². The molecule has 0 radical (unpaired) electrons. The molecule has 0 aliphatic carbocycles. The first-order valence-electron chi connectivity index (χ1n) is 9.18. The van der Waals surface area contributed by atoms with Crippen LogP contribution in [0.1, 0.15) is 26.3 Å². The number of ether oxygens (including phenoxy) is 1. The molecule has 2 heterocycles. The Bertz CT molecular complexity index is 1090. The highest BCUT2D eigenvalue weighted by atomic mass is 35.5. The first-order valence-corrected chi connectivity index (χ1v) is 9.55. The standard InChI is InChI=1S/C21H17ClN4O4/c22-18-8-4-1-5-14(18)13-30-21(29)24-15-11-23-25(12-15)9-10-26-19(27)16-6-2-3-7-17(16)20(26)28/h1-8,11-12H,9-10,13H2,(H,24,29). The molecule has 0 saturated heterocycles. The molecule has 30 heavy (non-hydrogen) atoms. The second-order valence-corrected chi connectivity index (χ2v) is 7.00. The lowest BCUT2D eigenvalue weighted by atomic mass is 10.1. The summed E-state index contributed by atoms with van der Waals surface area (Å²) in [5.41, 5.74) is 1.95. The molecule has 152 valence electrons. The van der Waals surface area contributed by atoms with Crippen molar-refractivity contribution in [3.63, 3.8) is 0 Å². The van der Waals surface area contributed by atoms with E-state index in [4.69, 9.17) is 16.3 Å². The van der Waals surface area contributed by atoms with Crippen LogP contribution in [0.3, 0.4) is 0 Å². The summed E-state index contributed by atoms with van der Waals surface area (Å²) in [6, 6.07) is 13.8. The minimum Gasteiger partial charge on any atom is -0.444 e. The number of nitrogens with zero attached hydrogens (tertiary/aromatic N) is 3. The van der Waals surface area contributed by atoms with Gasteiger partial charge >= 0.3 is 6.09 Å². The zero-order valence-corrected chi connectivity index (χ0v) is 16.5. The van der Waals surface area contributed by atoms with Gasteiger partial charge in [-0.2, -0.15) is 5.10 Å². The Labute approximate surface area is 177 Å². The summed E-state index contributed by atoms with van der Waals surface area (Å²) in [7, 11) is 0. The van der Waals surface area contributed by atoms with Crippen molar-refractivity contribution in [1.82, 2.24) is 14.7 Å². The quantitative estimate of drug-likeness (QED) is 0.610. The maximum atomic E-state index is 12.4. The number of rotatable bonds is 6. The van der Waals surface area contributed by atoms with Crippen molar-refractivity contribution in [3.05, 3.63) is 82.6 Å². The largest absolute Gasteiger partial charge is 0.444 e. The number of anilines is 1. The molecule has 0 saturated carbocycles. The van der Waals surface area contributed by atoms with Crippen molar-refractivity contribution in [2.45, 2.75) is 13.2 Å². The van der Waals surface area contributed by atoms with E-state index in [2.05, 4.69) is 10.4 Å². The summed E-state index contributed by atoms with van der Waals surface area (Å²) >= 11 is 6.03. The summed E-state index contributed by atoms with van der Waals surface area (Å²) < 4.78 is 6.69. The van der Waals surface area contributed by atoms with Crippen molar-refractivity contribution >= 4 is 35.2 Å². The number of imide groups is 1. The van der Waals surface area contributed by atoms with Crippen molar-refractivity contribution in [3.8, 4) is 0 Å². The summed E-state index contributed by atoms with van der Waals surface area (Å²) in [5.74, 6) is -0.631. The number of nitrogens with one attached hydrogen (secondary N) is 1. The van der Waals surface area contributed by atoms with Crippen LogP contribution in [0.2, 0.25) is 5.02 Å². The van der Waals surface area contributed by atoms with Gasteiger partial charge in [-0.05, 0) is 18.2 Å². The Morgan fingerprint density at radius 1 is 1.00 bits per heavy atom. The zero-order valence-electron chi connectivity index (χ0n) is 15.7. The van der Waals surface area contributed by atoms with E-state index in [0.29, 0.717) is 33.9 Å². The van der Waals surface area contributed by atoms with Gasteiger partial charge in [0, 0.05) is 23.3 Å². The van der Waals surface area contributed by atoms with Crippen molar-refractivity contribution in [2.75, 3.05) is 11.9 Å². The molecule has 0 atom stereocenters. The van der Waals surface area contributed by atoms with Crippen molar-refractivity contribution in [2.24, 2.45) is 0 Å². The maximum absolute atomic E-state index is 12.4. The molecule has 1 N–H and O–H groups in total. The van der Waals surface area contributed by atoms with Crippen LogP contribution in [0.4, 0.5) is 10.5 Å². The SMILES string of the molecule is O=C(Nc1cnn(CCN2C(=O)c3ccccc3C2=O)c1)OCc1ccccc1Cl. The van der Waals surface area contributed by atoms with E-state index in [1.807, 2.05) is 0 Å². The third-order valence-electron chi connectivity index (χ3n) is 4.63. The van der Waals surface area contributed by atoms with Crippen LogP contribution in [-0.4, -0.2) is 39.1 Å². The van der Waals surface area contributed by atoms with Gasteiger partial charge in [-0.1, -0.05) is 41.9 Å². The van der Waals surface area contributed by atoms with Crippen LogP contribution in [0.15, 0.2) is 60.9 Å². The van der Waals surface area contributed by atoms with E-state index >= 15 is 0 Å². The van der Waals surface area contributed by atoms with E-state index in [0.717, 1.165) is 0 Å². The highest BCUT2D eigenvalue weighted by Gasteiger charge is 2.34. The first kappa shape index (κ1) is 19.7. The number of aromatic nitrogens is 2. The highest BCUT2D eigenvalue weighted by molar-refractivity contribution is 6.31. The van der Waals surface area contributed by atoms with Gasteiger partial charge in [-0.25, -0.2) is 4.79 Å². The number of benzene rings is 2. The van der Waals surface area contributed by atoms with E-state index in [1.165, 1.54) is 15.8 Å². The number of carbonyl (C=O) groups is 3. The third-order valence-corrected chi connectivity index (χ3v) is 5.00. The molecule has 0 fully saturated rings. The van der Waals surface area contributed by atoms with Crippen LogP contribution in [0.5, 0.6) is 0 Å². The third kappa shape index (κ3) is 4.04. The van der Waals surface area contributed by atoms with Crippen LogP contribution in [0, 0.1) is 0 Å². The first-order chi connectivity index (χ1) is 14.5. The monoisotopic (exact) mass is 424 g/mol. The molecule has 2 aromatic carbocycles. The van der Waals surface area contributed by atoms with E-state index < -0.39 is 6.09 Å². The number of amides is 3. The Kier molecular flexibility index (Phi) is 5.49. The molecule has 3 amide bonds. The minimum atomic E-state index is -0.644. The van der Waals surface area contributed by atoms with Crippen molar-refractivity contribution in [1.29, 1.82) is 0 Å². The lowest BCUT2D eigenvalue weighted by molar-refractivity contribution is 0.0647. The molecule has 8 nitrogen and oxygen atoms in total. The smallest absolute Gasteiger partial charge is 0.412 e. The Hall–Kier alpha value is -3.65. The van der Waals surface area contributed by atoms with Gasteiger partial charge < -0.3 is 4.74 Å². The molecule has 3 aromatic rings. The Balaban J connectivity index is 1.29. The van der Waals surface area contributed by atoms with Gasteiger partial charge in [0.15, 0.2) is 0 Å². The molecule has 0 bridgehead atoms. The topological polar surface area (TPSA) is 93.5 Å². The normalized spacial score (nSPS) is 12.8. The lowest BCUT2D eigenvalue weighted by Crippen LogP contribution is -2.33. The second-order valence-electron chi connectivity index (χ2n) is 6.59. The minimum absolute atomic E-state index is 0.0411. The number of fused-ring (bicyclic) bond motifs is 1. The zero-order chi connectivity index (χ0) is 21.1. The molecule has 0 spiro atoms. The fraction of sp³-hybridized carbons (Fsp3) is 0.143. The van der Waals surface area contributed by atoms with Crippen LogP contribution >= 0.6 is 11.6 Å². The highest BCUT2D eigenvalue weighted by Crippen LogP contribution is 2.22. The molecule has 4 rings (SSSR count). The van der Waals surface area contributed by atoms with Gasteiger partial charge in [0.2, 0.25) is 0 Å². The fourth-order valence-electron chi connectivity index (χ4n) is 3.11. The Morgan fingerprint density at radius 3 is 2.37 bits per heavy atom. The van der Waals surface area contributed by atoms with E-state index in [-0.39, 0.29) is 25.0 Å². The average Bonchev–Trinajstić information content (AvgIpc) is 3.29. The van der Waals surface area contributed by atoms with Gasteiger partial charge in [-0.3, -0.25) is 24.5 Å². The second kappa shape index (κ2) is 8.38. The van der Waals surface area contributed by atoms with Crippen molar-refractivity contribution < 1.29 is 19.1 Å². The molecule has 1 aromatic heterocycles. The molecular weight excluding hydrogens is 408 g/mol. The van der Waals surface area contributed by atoms with Crippen LogP contribution in [-0.2, 0) is 17.9 Å². The number of hydrogen-bond donors (Lipinski definition) is 1. The van der Waals surface area contributed by atoms with E-state index in [9.17, 15) is 14.4 Å². The molecule has 9 heteroatoms. The number of halogens is 1. The maximum Gasteiger partial charge on any atom is 0.412 e. The lowest BCUT2D eigenvalue weighted by Gasteiger charge is -2.13. The van der Waals surface area contributed by atoms with Crippen LogP contribution < -0.4 is 5.32 Å². The summed E-state index contributed by atoms with van der Waals surface area (Å²) in [6.07, 6.45) is 2.41. The Morgan fingerprint density at radius 2 is 1.67 bits per heavy atom. The van der Waals surface area contributed by atoms with Gasteiger partial charge in [-0.15, -0.1) is 0 Å². The van der Waals surface area contributed by atoms with E-state index in [1.54, 1.807) is 54.7 Å². The van der Waals surface area contributed by atoms with Gasteiger partial charge in [0.1, 0.15) is 6.61 Å². The predicted molar refractivity (Wildman–Crippen MR) is 109 cm³/mol. The molecule has 0 unspecified atom stereocenters. The number of carbonyl (C=O) groups excluding carboxylic acids is 3. The summed E-state index contributed by atoms with van der Waals surface area (Å²) in [4.78, 5) is 37.9. The fourth-order valence-corrected chi connectivity index (χ4v) is 3.30. The predicted octanol–water partition coefficient (Wildman–Crippen LogP) is 3.58. The average molecular weight is 425 g/mol. The molecule has 1 aliphatic rings. The molecular formula is C21H17ClN4O4. The summed E-state index contributed by atoms with van der Waals surface area (Å²) in [5, 5.41) is 7.23. The molecule has 1 aliphatic heterocycles. The summed E-state index contributed by atoms with van der Waals surface area (Å²) in [6.45, 7) is 0.506. The van der Waals surface area contributed by atoms with Gasteiger partial charge in [0.25, 0.3) is 11.8 Å². The number of hydrogen-bond acceptors (Lipinski definition) is 5. The van der Waals surface area contributed by atoms with Gasteiger partial charge in [0.05, 0.1) is 29.6 Å².